The number of aromatic nitrogens is 6. The summed E-state index contributed by atoms with van der Waals surface area (Å²) in [6.45, 7) is 3.51. The predicted molar refractivity (Wildman–Crippen MR) is 94.6 cm³/mol. The summed E-state index contributed by atoms with van der Waals surface area (Å²) < 4.78 is 55.2. The fourth-order valence-corrected chi connectivity index (χ4v) is 4.24. The summed E-state index contributed by atoms with van der Waals surface area (Å²) in [4.78, 5) is 4.17. The fraction of sp³-hybridized carbons (Fsp3) is 0.176. The van der Waals surface area contributed by atoms with Gasteiger partial charge in [0.15, 0.2) is 5.82 Å². The maximum atomic E-state index is 13.9. The minimum atomic E-state index is -3.90. The lowest BCUT2D eigenvalue weighted by Gasteiger charge is -2.05. The molecule has 0 saturated carbocycles. The van der Waals surface area contributed by atoms with E-state index in [0.717, 1.165) is 16.8 Å². The molecule has 11 heteroatoms. The van der Waals surface area contributed by atoms with Gasteiger partial charge in [0, 0.05) is 23.7 Å². The Labute approximate surface area is 158 Å². The second kappa shape index (κ2) is 6.44. The van der Waals surface area contributed by atoms with Gasteiger partial charge in [0.1, 0.15) is 17.3 Å². The van der Waals surface area contributed by atoms with Gasteiger partial charge >= 0.3 is 0 Å². The molecule has 1 aromatic carbocycles. The van der Waals surface area contributed by atoms with Gasteiger partial charge in [-0.2, -0.15) is 5.10 Å². The number of aryl methyl sites for hydroxylation is 2. The van der Waals surface area contributed by atoms with Crippen molar-refractivity contribution in [2.75, 3.05) is 0 Å². The zero-order chi connectivity index (χ0) is 20.1. The van der Waals surface area contributed by atoms with E-state index in [1.165, 1.54) is 22.7 Å². The average Bonchev–Trinajstić information content (AvgIpc) is 3.21. The SMILES string of the molecule is Cc1cc(C)n2c(S(=O)(=O)Cc3ccn(-c4ccc(F)cc4F)n3)nnc2n1. The lowest BCUT2D eigenvalue weighted by atomic mass is 10.3. The molecule has 8 nitrogen and oxygen atoms in total. The number of rotatable bonds is 4. The molecular weight excluding hydrogens is 390 g/mol. The Morgan fingerprint density at radius 3 is 2.61 bits per heavy atom. The van der Waals surface area contributed by atoms with Gasteiger partial charge in [0.2, 0.25) is 9.84 Å². The van der Waals surface area contributed by atoms with Crippen molar-refractivity contribution in [3.05, 3.63) is 65.2 Å². The lowest BCUT2D eigenvalue weighted by molar-refractivity contribution is 0.573. The summed E-state index contributed by atoms with van der Waals surface area (Å²) in [6, 6.07) is 6.21. The zero-order valence-electron chi connectivity index (χ0n) is 14.8. The Balaban J connectivity index is 1.69. The fourth-order valence-electron chi connectivity index (χ4n) is 2.90. The lowest BCUT2D eigenvalue weighted by Crippen LogP contribution is -2.12. The Kier molecular flexibility index (Phi) is 4.18. The summed E-state index contributed by atoms with van der Waals surface area (Å²) in [7, 11) is -3.90. The highest BCUT2D eigenvalue weighted by atomic mass is 32.2. The van der Waals surface area contributed by atoms with E-state index >= 15 is 0 Å². The van der Waals surface area contributed by atoms with Crippen molar-refractivity contribution in [1.29, 1.82) is 0 Å². The van der Waals surface area contributed by atoms with E-state index < -0.39 is 27.2 Å². The van der Waals surface area contributed by atoms with Gasteiger partial charge in [-0.05, 0) is 38.1 Å². The number of nitrogens with zero attached hydrogens (tertiary/aromatic N) is 6. The second-order valence-corrected chi connectivity index (χ2v) is 8.15. The van der Waals surface area contributed by atoms with Gasteiger partial charge in [0.25, 0.3) is 10.9 Å². The Bertz CT molecular complexity index is 1310. The van der Waals surface area contributed by atoms with Crippen LogP contribution in [-0.2, 0) is 15.6 Å². The highest BCUT2D eigenvalue weighted by Gasteiger charge is 2.25. The molecule has 0 spiro atoms. The minimum absolute atomic E-state index is 0.00787. The topological polar surface area (TPSA) is 95.0 Å². The van der Waals surface area contributed by atoms with Crippen molar-refractivity contribution >= 4 is 15.6 Å². The average molecular weight is 404 g/mol. The molecule has 0 unspecified atom stereocenters. The zero-order valence-corrected chi connectivity index (χ0v) is 15.7. The van der Waals surface area contributed by atoms with Crippen molar-refractivity contribution in [2.45, 2.75) is 24.8 Å². The molecule has 3 aromatic heterocycles. The molecule has 0 aliphatic rings. The smallest absolute Gasteiger partial charge is 0.254 e. The van der Waals surface area contributed by atoms with Crippen molar-refractivity contribution in [1.82, 2.24) is 29.4 Å². The molecule has 28 heavy (non-hydrogen) atoms. The molecule has 0 saturated heterocycles. The third kappa shape index (κ3) is 3.13. The molecule has 0 amide bonds. The van der Waals surface area contributed by atoms with E-state index in [2.05, 4.69) is 20.3 Å². The normalized spacial score (nSPS) is 12.0. The Hall–Kier alpha value is -3.21. The van der Waals surface area contributed by atoms with Crippen LogP contribution in [0, 0.1) is 25.5 Å². The first-order valence-corrected chi connectivity index (χ1v) is 9.82. The quantitative estimate of drug-likeness (QED) is 0.517. The van der Waals surface area contributed by atoms with Crippen LogP contribution in [0.2, 0.25) is 0 Å². The van der Waals surface area contributed by atoms with Gasteiger partial charge in [-0.15, -0.1) is 10.2 Å². The van der Waals surface area contributed by atoms with E-state index in [-0.39, 0.29) is 22.3 Å². The van der Waals surface area contributed by atoms with Crippen LogP contribution in [0.15, 0.2) is 41.7 Å². The van der Waals surface area contributed by atoms with Crippen LogP contribution < -0.4 is 0 Å². The summed E-state index contributed by atoms with van der Waals surface area (Å²) in [6.07, 6.45) is 1.40. The molecule has 144 valence electrons. The highest BCUT2D eigenvalue weighted by Crippen LogP contribution is 2.19. The van der Waals surface area contributed by atoms with E-state index in [4.69, 9.17) is 0 Å². The number of benzene rings is 1. The number of fused-ring (bicyclic) bond motifs is 1. The van der Waals surface area contributed by atoms with E-state index in [0.29, 0.717) is 11.4 Å². The molecule has 0 fully saturated rings. The van der Waals surface area contributed by atoms with Crippen LogP contribution in [0.25, 0.3) is 11.5 Å². The number of hydrogen-bond acceptors (Lipinski definition) is 6. The van der Waals surface area contributed by atoms with Crippen LogP contribution >= 0.6 is 0 Å². The monoisotopic (exact) mass is 404 g/mol. The molecule has 0 aliphatic heterocycles. The molecule has 0 aliphatic carbocycles. The minimum Gasteiger partial charge on any atom is -0.254 e. The van der Waals surface area contributed by atoms with E-state index in [1.807, 2.05) is 0 Å². The number of halogens is 2. The first-order chi connectivity index (χ1) is 13.2. The molecule has 0 radical (unpaired) electrons. The Morgan fingerprint density at radius 2 is 1.86 bits per heavy atom. The van der Waals surface area contributed by atoms with Crippen LogP contribution in [0.5, 0.6) is 0 Å². The summed E-state index contributed by atoms with van der Waals surface area (Å²) in [5.41, 5.74) is 1.51. The van der Waals surface area contributed by atoms with Crippen molar-refractivity contribution in [2.24, 2.45) is 0 Å². The number of sulfone groups is 1. The van der Waals surface area contributed by atoms with Crippen molar-refractivity contribution in [3.8, 4) is 5.69 Å². The van der Waals surface area contributed by atoms with Gasteiger partial charge < -0.3 is 0 Å². The molecule has 4 aromatic rings. The summed E-state index contributed by atoms with van der Waals surface area (Å²) in [5, 5.41) is 11.5. The number of hydrogen-bond donors (Lipinski definition) is 0. The van der Waals surface area contributed by atoms with Gasteiger partial charge in [-0.1, -0.05) is 0 Å². The summed E-state index contributed by atoms with van der Waals surface area (Å²) in [5.74, 6) is -1.79. The molecule has 0 bridgehead atoms. The molecule has 4 rings (SSSR count). The maximum Gasteiger partial charge on any atom is 0.256 e. The van der Waals surface area contributed by atoms with Crippen LogP contribution in [0.1, 0.15) is 17.1 Å². The van der Waals surface area contributed by atoms with Crippen LogP contribution in [-0.4, -0.2) is 37.8 Å². The Morgan fingerprint density at radius 1 is 1.07 bits per heavy atom. The van der Waals surface area contributed by atoms with Crippen molar-refractivity contribution < 1.29 is 17.2 Å². The highest BCUT2D eigenvalue weighted by molar-refractivity contribution is 7.90. The summed E-state index contributed by atoms with van der Waals surface area (Å²) >= 11 is 0. The van der Waals surface area contributed by atoms with Crippen LogP contribution in [0.3, 0.4) is 0 Å². The molecule has 3 heterocycles. The molecule has 0 atom stereocenters. The maximum absolute atomic E-state index is 13.9. The molecular formula is C17H14F2N6O2S. The third-order valence-electron chi connectivity index (χ3n) is 4.08. The van der Waals surface area contributed by atoms with E-state index in [1.54, 1.807) is 19.9 Å². The standard InChI is InChI=1S/C17H14F2N6O2S/c1-10-7-11(2)25-16(20-10)21-22-17(25)28(26,27)9-13-5-6-24(23-13)15-4-3-12(18)8-14(15)19/h3-8H,9H2,1-2H3. The predicted octanol–water partition coefficient (Wildman–Crippen LogP) is 2.18. The van der Waals surface area contributed by atoms with E-state index in [9.17, 15) is 17.2 Å². The largest absolute Gasteiger partial charge is 0.256 e. The second-order valence-electron chi connectivity index (χ2n) is 6.26. The first kappa shape index (κ1) is 18.2. The molecule has 0 N–H and O–H groups in total. The van der Waals surface area contributed by atoms with Crippen molar-refractivity contribution in [3.63, 3.8) is 0 Å². The van der Waals surface area contributed by atoms with Gasteiger partial charge in [-0.25, -0.2) is 26.9 Å². The first-order valence-electron chi connectivity index (χ1n) is 8.17. The van der Waals surface area contributed by atoms with Gasteiger partial charge in [0.05, 0.1) is 5.69 Å². The third-order valence-corrected chi connectivity index (χ3v) is 5.58. The van der Waals surface area contributed by atoms with Gasteiger partial charge in [-0.3, -0.25) is 4.40 Å². The van der Waals surface area contributed by atoms with Crippen LogP contribution in [0.4, 0.5) is 8.78 Å².